The van der Waals surface area contributed by atoms with E-state index in [-0.39, 0.29) is 53.7 Å². The van der Waals surface area contributed by atoms with Crippen LogP contribution in [0.15, 0.2) is 29.3 Å². The van der Waals surface area contributed by atoms with Crippen molar-refractivity contribution in [2.45, 2.75) is 50.7 Å². The molecule has 1 aliphatic rings. The number of benzene rings is 1. The molecule has 0 aliphatic carbocycles. The standard InChI is InChI=1S/C23H29N5O7S/c1-4-35-23(31)20-15(2)25-27(22(20)36(3)34)13-11-19(29)24-17-6-5-12-26(14-17)21(30)16-7-9-18(10-8-16)28(32)33/h7-10,17H,4-6,11-14H2,1-3H3,(H,24,29)/t17-,36?/m0/s1. The molecule has 13 heteroatoms. The molecule has 0 spiro atoms. The number of hydrogen-bond donors (Lipinski definition) is 1. The minimum absolute atomic E-state index is 0.0420. The first-order valence-corrected chi connectivity index (χ1v) is 13.1. The summed E-state index contributed by atoms with van der Waals surface area (Å²) < 4.78 is 18.8. The van der Waals surface area contributed by atoms with Crippen molar-refractivity contribution < 1.29 is 28.3 Å². The van der Waals surface area contributed by atoms with Crippen molar-refractivity contribution in [3.8, 4) is 0 Å². The first-order chi connectivity index (χ1) is 17.1. The number of nitrogens with zero attached hydrogens (tertiary/aromatic N) is 4. The van der Waals surface area contributed by atoms with Gasteiger partial charge in [0.05, 0.1) is 34.6 Å². The molecular weight excluding hydrogens is 490 g/mol. The van der Waals surface area contributed by atoms with Crippen molar-refractivity contribution >= 4 is 34.3 Å². The third-order valence-corrected chi connectivity index (χ3v) is 6.74. The van der Waals surface area contributed by atoms with E-state index >= 15 is 0 Å². The molecule has 0 radical (unpaired) electrons. The van der Waals surface area contributed by atoms with Gasteiger partial charge in [-0.05, 0) is 38.8 Å². The number of non-ortho nitro benzene ring substituents is 1. The van der Waals surface area contributed by atoms with Crippen molar-refractivity contribution in [3.63, 3.8) is 0 Å². The largest absolute Gasteiger partial charge is 0.462 e. The number of esters is 1. The summed E-state index contributed by atoms with van der Waals surface area (Å²) >= 11 is 0. The van der Waals surface area contributed by atoms with Gasteiger partial charge in [0.1, 0.15) is 10.6 Å². The Morgan fingerprint density at radius 1 is 1.28 bits per heavy atom. The first kappa shape index (κ1) is 27.0. The molecule has 2 atom stereocenters. The van der Waals surface area contributed by atoms with Crippen LogP contribution in [0.25, 0.3) is 0 Å². The summed E-state index contributed by atoms with van der Waals surface area (Å²) in [4.78, 5) is 49.7. The number of nitrogens with one attached hydrogen (secondary N) is 1. The van der Waals surface area contributed by atoms with Crippen molar-refractivity contribution in [2.75, 3.05) is 26.0 Å². The Morgan fingerprint density at radius 2 is 1.97 bits per heavy atom. The van der Waals surface area contributed by atoms with E-state index in [1.165, 1.54) is 35.2 Å². The Hall–Kier alpha value is -3.61. The molecule has 12 nitrogen and oxygen atoms in total. The normalized spacial score (nSPS) is 16.3. The number of nitro groups is 1. The van der Waals surface area contributed by atoms with E-state index in [1.54, 1.807) is 18.7 Å². The lowest BCUT2D eigenvalue weighted by Gasteiger charge is -2.33. The smallest absolute Gasteiger partial charge is 0.342 e. The number of carbonyl (C=O) groups excluding carboxylic acids is 3. The second-order valence-corrected chi connectivity index (χ2v) is 9.67. The number of piperidine rings is 1. The quantitative estimate of drug-likeness (QED) is 0.299. The molecule has 2 heterocycles. The molecule has 1 fully saturated rings. The Morgan fingerprint density at radius 3 is 2.58 bits per heavy atom. The molecule has 0 bridgehead atoms. The van der Waals surface area contributed by atoms with Crippen LogP contribution >= 0.6 is 0 Å². The fourth-order valence-electron chi connectivity index (χ4n) is 4.14. The molecular formula is C23H29N5O7S. The Kier molecular flexibility index (Phi) is 8.91. The summed E-state index contributed by atoms with van der Waals surface area (Å²) in [7, 11) is -1.52. The highest BCUT2D eigenvalue weighted by molar-refractivity contribution is 7.84. The van der Waals surface area contributed by atoms with E-state index in [1.807, 2.05) is 0 Å². The molecule has 3 rings (SSSR count). The molecule has 2 amide bonds. The van der Waals surface area contributed by atoms with Crippen LogP contribution in [-0.4, -0.2) is 73.6 Å². The van der Waals surface area contributed by atoms with Gasteiger partial charge in [-0.3, -0.25) is 28.6 Å². The fourth-order valence-corrected chi connectivity index (χ4v) is 5.08. The summed E-state index contributed by atoms with van der Waals surface area (Å²) in [5.41, 5.74) is 0.795. The highest BCUT2D eigenvalue weighted by Gasteiger charge is 2.27. The molecule has 1 aromatic carbocycles. The van der Waals surface area contributed by atoms with Crippen LogP contribution < -0.4 is 5.32 Å². The van der Waals surface area contributed by atoms with Crippen LogP contribution in [0.4, 0.5) is 5.69 Å². The second kappa shape index (κ2) is 11.9. The number of aromatic nitrogens is 2. The van der Waals surface area contributed by atoms with Crippen LogP contribution in [0.3, 0.4) is 0 Å². The van der Waals surface area contributed by atoms with Crippen molar-refractivity contribution in [3.05, 3.63) is 51.2 Å². The number of ether oxygens (including phenoxy) is 1. The predicted octanol–water partition coefficient (Wildman–Crippen LogP) is 1.82. The van der Waals surface area contributed by atoms with Crippen molar-refractivity contribution in [1.29, 1.82) is 0 Å². The van der Waals surface area contributed by atoms with Crippen molar-refractivity contribution in [2.24, 2.45) is 0 Å². The van der Waals surface area contributed by atoms with E-state index in [0.29, 0.717) is 37.2 Å². The number of amides is 2. The van der Waals surface area contributed by atoms with E-state index in [4.69, 9.17) is 4.74 Å². The Bertz CT molecular complexity index is 1180. The molecule has 1 unspecified atom stereocenters. The lowest BCUT2D eigenvalue weighted by molar-refractivity contribution is -0.384. The van der Waals surface area contributed by atoms with E-state index < -0.39 is 21.7 Å². The SMILES string of the molecule is CCOC(=O)c1c(C)nn(CCC(=O)N[C@H]2CCCN(C(=O)c3ccc([N+](=O)[O-])cc3)C2)c1S(C)=O. The number of hydrogen-bond acceptors (Lipinski definition) is 8. The average molecular weight is 520 g/mol. The minimum Gasteiger partial charge on any atom is -0.462 e. The Labute approximate surface area is 210 Å². The van der Waals surface area contributed by atoms with Crippen LogP contribution in [0.1, 0.15) is 52.6 Å². The van der Waals surface area contributed by atoms with E-state index in [2.05, 4.69) is 10.4 Å². The molecule has 1 aromatic heterocycles. The van der Waals surface area contributed by atoms with Crippen LogP contribution in [-0.2, 0) is 26.9 Å². The summed E-state index contributed by atoms with van der Waals surface area (Å²) in [6.07, 6.45) is 2.88. The number of carbonyl (C=O) groups is 3. The van der Waals surface area contributed by atoms with Crippen LogP contribution in [0, 0.1) is 17.0 Å². The molecule has 1 N–H and O–H groups in total. The van der Waals surface area contributed by atoms with Gasteiger partial charge >= 0.3 is 5.97 Å². The van der Waals surface area contributed by atoms with Crippen LogP contribution in [0.5, 0.6) is 0 Å². The predicted molar refractivity (Wildman–Crippen MR) is 130 cm³/mol. The summed E-state index contributed by atoms with van der Waals surface area (Å²) in [6, 6.07) is 5.18. The van der Waals surface area contributed by atoms with Gasteiger partial charge in [-0.15, -0.1) is 0 Å². The zero-order valence-corrected chi connectivity index (χ0v) is 21.2. The second-order valence-electron chi connectivity index (χ2n) is 8.38. The van der Waals surface area contributed by atoms with Gasteiger partial charge in [-0.1, -0.05) is 0 Å². The van der Waals surface area contributed by atoms with Gasteiger partial charge < -0.3 is 15.0 Å². The van der Waals surface area contributed by atoms with Gasteiger partial charge in [0.2, 0.25) is 5.91 Å². The summed E-state index contributed by atoms with van der Waals surface area (Å²) in [5, 5.41) is 18.3. The van der Waals surface area contributed by atoms with Crippen molar-refractivity contribution in [1.82, 2.24) is 20.0 Å². The zero-order valence-electron chi connectivity index (χ0n) is 20.4. The maximum absolute atomic E-state index is 12.8. The lowest BCUT2D eigenvalue weighted by Crippen LogP contribution is -2.49. The average Bonchev–Trinajstić information content (AvgIpc) is 3.19. The highest BCUT2D eigenvalue weighted by atomic mass is 32.2. The van der Waals surface area contributed by atoms with Gasteiger partial charge in [-0.2, -0.15) is 5.10 Å². The van der Waals surface area contributed by atoms with Gasteiger partial charge in [0.15, 0.2) is 0 Å². The molecule has 194 valence electrons. The maximum atomic E-state index is 12.8. The molecule has 36 heavy (non-hydrogen) atoms. The third kappa shape index (κ3) is 6.33. The summed E-state index contributed by atoms with van der Waals surface area (Å²) in [6.45, 7) is 4.44. The van der Waals surface area contributed by atoms with Gasteiger partial charge in [0, 0.05) is 49.5 Å². The lowest BCUT2D eigenvalue weighted by atomic mass is 10.0. The first-order valence-electron chi connectivity index (χ1n) is 11.5. The molecule has 2 aromatic rings. The molecule has 1 saturated heterocycles. The maximum Gasteiger partial charge on any atom is 0.342 e. The fraction of sp³-hybridized carbons (Fsp3) is 0.478. The number of likely N-dealkylation sites (tertiary alicyclic amines) is 1. The zero-order chi connectivity index (χ0) is 26.4. The number of rotatable bonds is 9. The monoisotopic (exact) mass is 519 g/mol. The van der Waals surface area contributed by atoms with E-state index in [0.717, 1.165) is 0 Å². The van der Waals surface area contributed by atoms with E-state index in [9.17, 15) is 28.7 Å². The molecule has 0 saturated carbocycles. The van der Waals surface area contributed by atoms with Gasteiger partial charge in [0.25, 0.3) is 11.6 Å². The number of aryl methyl sites for hydroxylation is 2. The summed E-state index contributed by atoms with van der Waals surface area (Å²) in [5.74, 6) is -1.11. The number of nitro benzene ring substituents is 1. The van der Waals surface area contributed by atoms with Gasteiger partial charge in [-0.25, -0.2) is 4.79 Å². The highest BCUT2D eigenvalue weighted by Crippen LogP contribution is 2.20. The third-order valence-electron chi connectivity index (χ3n) is 5.78. The minimum atomic E-state index is -1.52. The Balaban J connectivity index is 1.60. The molecule has 1 aliphatic heterocycles. The van der Waals surface area contributed by atoms with Crippen LogP contribution in [0.2, 0.25) is 0 Å². The topological polar surface area (TPSA) is 154 Å².